The molecule has 2 aromatic rings. The molecule has 2 rings (SSSR count). The highest BCUT2D eigenvalue weighted by Crippen LogP contribution is 2.14. The number of aromatic nitrogens is 2. The standard InChI is InChI=1S/C15H19N3O2S/c1-11-4-6-14(7-5-11)21(19,20)9-13(3)18-15-8-12(2)16-10-17-15/h4-8,10,13H,9H2,1-3H3,(H,16,17,18)/t13-/m0/s1. The summed E-state index contributed by atoms with van der Waals surface area (Å²) in [5.74, 6) is 0.646. The van der Waals surface area contributed by atoms with Crippen LogP contribution in [0.15, 0.2) is 41.6 Å². The average molecular weight is 305 g/mol. The summed E-state index contributed by atoms with van der Waals surface area (Å²) in [6.07, 6.45) is 1.46. The van der Waals surface area contributed by atoms with Crippen molar-refractivity contribution in [3.8, 4) is 0 Å². The van der Waals surface area contributed by atoms with Gasteiger partial charge in [0.1, 0.15) is 12.1 Å². The zero-order valence-electron chi connectivity index (χ0n) is 12.4. The summed E-state index contributed by atoms with van der Waals surface area (Å²) in [4.78, 5) is 8.43. The Bertz CT molecular complexity index is 712. The topological polar surface area (TPSA) is 72.0 Å². The fourth-order valence-corrected chi connectivity index (χ4v) is 3.48. The van der Waals surface area contributed by atoms with E-state index in [1.807, 2.05) is 20.8 Å². The molecule has 0 aliphatic rings. The summed E-state index contributed by atoms with van der Waals surface area (Å²) >= 11 is 0. The summed E-state index contributed by atoms with van der Waals surface area (Å²) < 4.78 is 24.7. The summed E-state index contributed by atoms with van der Waals surface area (Å²) in [5.41, 5.74) is 1.87. The van der Waals surface area contributed by atoms with Gasteiger partial charge in [0.05, 0.1) is 10.6 Å². The number of benzene rings is 1. The van der Waals surface area contributed by atoms with Crippen LogP contribution in [-0.2, 0) is 9.84 Å². The Morgan fingerprint density at radius 1 is 1.14 bits per heavy atom. The van der Waals surface area contributed by atoms with Crippen molar-refractivity contribution in [1.29, 1.82) is 0 Å². The highest BCUT2D eigenvalue weighted by Gasteiger charge is 2.18. The van der Waals surface area contributed by atoms with Gasteiger partial charge in [-0.1, -0.05) is 17.7 Å². The quantitative estimate of drug-likeness (QED) is 0.918. The van der Waals surface area contributed by atoms with Crippen molar-refractivity contribution < 1.29 is 8.42 Å². The Morgan fingerprint density at radius 3 is 2.43 bits per heavy atom. The molecule has 0 aliphatic heterocycles. The molecule has 1 aromatic heterocycles. The average Bonchev–Trinajstić information content (AvgIpc) is 2.38. The molecule has 0 saturated heterocycles. The zero-order valence-corrected chi connectivity index (χ0v) is 13.2. The number of aryl methyl sites for hydroxylation is 2. The molecule has 1 heterocycles. The molecule has 1 aromatic carbocycles. The molecule has 0 fully saturated rings. The molecule has 0 radical (unpaired) electrons. The van der Waals surface area contributed by atoms with E-state index in [2.05, 4.69) is 15.3 Å². The molecule has 0 amide bonds. The second kappa shape index (κ2) is 6.22. The largest absolute Gasteiger partial charge is 0.366 e. The van der Waals surface area contributed by atoms with Gasteiger partial charge in [-0.2, -0.15) is 0 Å². The monoisotopic (exact) mass is 305 g/mol. The predicted octanol–water partition coefficient (Wildman–Crippen LogP) is 2.37. The summed E-state index contributed by atoms with van der Waals surface area (Å²) in [6.45, 7) is 5.61. The van der Waals surface area contributed by atoms with Gasteiger partial charge in [-0.05, 0) is 32.9 Å². The normalized spacial score (nSPS) is 12.9. The first-order valence-electron chi connectivity index (χ1n) is 6.71. The van der Waals surface area contributed by atoms with Crippen molar-refractivity contribution >= 4 is 15.7 Å². The fourth-order valence-electron chi connectivity index (χ4n) is 2.00. The second-order valence-corrected chi connectivity index (χ2v) is 7.22. The van der Waals surface area contributed by atoms with Crippen LogP contribution in [0.2, 0.25) is 0 Å². The molecule has 0 unspecified atom stereocenters. The Hall–Kier alpha value is -1.95. The number of sulfone groups is 1. The summed E-state index contributed by atoms with van der Waals surface area (Å²) in [5, 5.41) is 3.09. The lowest BCUT2D eigenvalue weighted by atomic mass is 10.2. The first-order valence-corrected chi connectivity index (χ1v) is 8.37. The Balaban J connectivity index is 2.07. The molecule has 1 atom stereocenters. The maximum Gasteiger partial charge on any atom is 0.180 e. The van der Waals surface area contributed by atoms with E-state index in [1.54, 1.807) is 30.3 Å². The van der Waals surface area contributed by atoms with Gasteiger partial charge < -0.3 is 5.32 Å². The van der Waals surface area contributed by atoms with Crippen LogP contribution >= 0.6 is 0 Å². The van der Waals surface area contributed by atoms with E-state index in [-0.39, 0.29) is 11.8 Å². The van der Waals surface area contributed by atoms with Crippen molar-refractivity contribution in [2.24, 2.45) is 0 Å². The Labute approximate surface area is 125 Å². The molecule has 0 saturated carbocycles. The molecule has 112 valence electrons. The molecular formula is C15H19N3O2S. The predicted molar refractivity (Wildman–Crippen MR) is 83.1 cm³/mol. The van der Waals surface area contributed by atoms with Crippen molar-refractivity contribution in [2.45, 2.75) is 31.7 Å². The van der Waals surface area contributed by atoms with Gasteiger partial charge in [-0.25, -0.2) is 18.4 Å². The van der Waals surface area contributed by atoms with Crippen LogP contribution in [0, 0.1) is 13.8 Å². The molecule has 21 heavy (non-hydrogen) atoms. The van der Waals surface area contributed by atoms with E-state index >= 15 is 0 Å². The Kier molecular flexibility index (Phi) is 4.57. The van der Waals surface area contributed by atoms with E-state index in [1.165, 1.54) is 6.33 Å². The maximum absolute atomic E-state index is 12.3. The van der Waals surface area contributed by atoms with Crippen LogP contribution in [-0.4, -0.2) is 30.2 Å². The van der Waals surface area contributed by atoms with Gasteiger partial charge in [0.15, 0.2) is 9.84 Å². The van der Waals surface area contributed by atoms with E-state index in [0.717, 1.165) is 11.3 Å². The van der Waals surface area contributed by atoms with E-state index in [9.17, 15) is 8.42 Å². The van der Waals surface area contributed by atoms with Crippen molar-refractivity contribution in [3.05, 3.63) is 47.9 Å². The van der Waals surface area contributed by atoms with E-state index in [0.29, 0.717) is 10.7 Å². The second-order valence-electron chi connectivity index (χ2n) is 5.18. The minimum atomic E-state index is -3.31. The number of anilines is 1. The van der Waals surface area contributed by atoms with Gasteiger partial charge in [-0.15, -0.1) is 0 Å². The number of hydrogen-bond donors (Lipinski definition) is 1. The SMILES string of the molecule is Cc1ccc(S(=O)(=O)C[C@H](C)Nc2cc(C)ncn2)cc1. The van der Waals surface area contributed by atoms with Crippen LogP contribution in [0.1, 0.15) is 18.2 Å². The zero-order chi connectivity index (χ0) is 15.5. The number of rotatable bonds is 5. The first-order chi connectivity index (χ1) is 9.87. The van der Waals surface area contributed by atoms with Crippen LogP contribution < -0.4 is 5.32 Å². The lowest BCUT2D eigenvalue weighted by molar-refractivity contribution is 0.592. The van der Waals surface area contributed by atoms with Crippen LogP contribution in [0.4, 0.5) is 5.82 Å². The van der Waals surface area contributed by atoms with Gasteiger partial charge in [-0.3, -0.25) is 0 Å². The fraction of sp³-hybridized carbons (Fsp3) is 0.333. The highest BCUT2D eigenvalue weighted by molar-refractivity contribution is 7.91. The third-order valence-corrected chi connectivity index (χ3v) is 4.98. The van der Waals surface area contributed by atoms with Crippen LogP contribution in [0.25, 0.3) is 0 Å². The summed E-state index contributed by atoms with van der Waals surface area (Å²) in [6, 6.07) is 8.44. The highest BCUT2D eigenvalue weighted by atomic mass is 32.2. The van der Waals surface area contributed by atoms with Crippen LogP contribution in [0.3, 0.4) is 0 Å². The van der Waals surface area contributed by atoms with Crippen molar-refractivity contribution in [3.63, 3.8) is 0 Å². The molecule has 5 nitrogen and oxygen atoms in total. The third-order valence-electron chi connectivity index (χ3n) is 3.05. The van der Waals surface area contributed by atoms with Crippen molar-refractivity contribution in [2.75, 3.05) is 11.1 Å². The smallest absolute Gasteiger partial charge is 0.180 e. The number of nitrogens with one attached hydrogen (secondary N) is 1. The Morgan fingerprint density at radius 2 is 1.81 bits per heavy atom. The molecule has 6 heteroatoms. The van der Waals surface area contributed by atoms with E-state index < -0.39 is 9.84 Å². The molecule has 0 aliphatic carbocycles. The van der Waals surface area contributed by atoms with Crippen molar-refractivity contribution in [1.82, 2.24) is 9.97 Å². The van der Waals surface area contributed by atoms with Gasteiger partial charge >= 0.3 is 0 Å². The molecule has 1 N–H and O–H groups in total. The molecule has 0 bridgehead atoms. The first kappa shape index (κ1) is 15.4. The van der Waals surface area contributed by atoms with Gasteiger partial charge in [0.25, 0.3) is 0 Å². The maximum atomic E-state index is 12.3. The molecular weight excluding hydrogens is 286 g/mol. The summed E-state index contributed by atoms with van der Waals surface area (Å²) in [7, 11) is -3.31. The van der Waals surface area contributed by atoms with E-state index in [4.69, 9.17) is 0 Å². The number of nitrogens with zero attached hydrogens (tertiary/aromatic N) is 2. The minimum absolute atomic E-state index is 0.0130. The van der Waals surface area contributed by atoms with Gasteiger partial charge in [0.2, 0.25) is 0 Å². The van der Waals surface area contributed by atoms with Crippen LogP contribution in [0.5, 0.6) is 0 Å². The lowest BCUT2D eigenvalue weighted by Gasteiger charge is -2.15. The lowest BCUT2D eigenvalue weighted by Crippen LogP contribution is -2.26. The molecule has 0 spiro atoms. The third kappa shape index (κ3) is 4.26. The van der Waals surface area contributed by atoms with Gasteiger partial charge in [0, 0.05) is 17.8 Å². The number of hydrogen-bond acceptors (Lipinski definition) is 5. The minimum Gasteiger partial charge on any atom is -0.366 e.